The van der Waals surface area contributed by atoms with Crippen molar-refractivity contribution in [1.82, 2.24) is 14.8 Å². The van der Waals surface area contributed by atoms with Gasteiger partial charge >= 0.3 is 0 Å². The number of fused-ring (bicyclic) bond motifs is 1. The van der Waals surface area contributed by atoms with E-state index in [0.717, 1.165) is 36.2 Å². The normalized spacial score (nSPS) is 17.8. The lowest BCUT2D eigenvalue weighted by Gasteiger charge is -2.24. The molecule has 2 aliphatic rings. The first kappa shape index (κ1) is 20.7. The molecule has 3 aromatic rings. The first-order valence-electron chi connectivity index (χ1n) is 11.2. The molecule has 1 amide bonds. The second-order valence-electron chi connectivity index (χ2n) is 9.09. The van der Waals surface area contributed by atoms with Crippen LogP contribution in [0.2, 0.25) is 0 Å². The van der Waals surface area contributed by atoms with Gasteiger partial charge in [-0.25, -0.2) is 9.37 Å². The van der Waals surface area contributed by atoms with Crippen LogP contribution in [0.5, 0.6) is 0 Å². The second-order valence-corrected chi connectivity index (χ2v) is 9.09. The van der Waals surface area contributed by atoms with Crippen molar-refractivity contribution >= 4 is 34.1 Å². The molecule has 0 unspecified atom stereocenters. The monoisotopic (exact) mass is 437 g/mol. The number of benzene rings is 1. The van der Waals surface area contributed by atoms with Crippen molar-refractivity contribution in [3.05, 3.63) is 41.8 Å². The first-order valence-corrected chi connectivity index (χ1v) is 11.2. The quantitative estimate of drug-likeness (QED) is 0.405. The minimum absolute atomic E-state index is 0.0108. The van der Waals surface area contributed by atoms with E-state index in [4.69, 9.17) is 11.5 Å². The zero-order valence-corrected chi connectivity index (χ0v) is 18.0. The van der Waals surface area contributed by atoms with Gasteiger partial charge in [0.25, 0.3) is 5.91 Å². The molecule has 0 spiro atoms. The number of anilines is 3. The summed E-state index contributed by atoms with van der Waals surface area (Å²) in [6.07, 6.45) is 7.30. The van der Waals surface area contributed by atoms with E-state index < -0.39 is 11.7 Å². The standard InChI is InChI=1S/C23H28FN7O/c1-12(25)19(8-13-2-3-13)29-23-18(24)10-17(21(26)32)22(30-23)28-15-5-4-14-11-27-31(16-6-7-16)20(14)9-15/h4-5,9-13,16,19H,2-3,6-8,25H2,1H3,(H2,26,32)(H2,28,29,30)/t12-,19+/m0/s1. The second kappa shape index (κ2) is 8.05. The maximum Gasteiger partial charge on any atom is 0.252 e. The molecule has 32 heavy (non-hydrogen) atoms. The van der Waals surface area contributed by atoms with Gasteiger partial charge in [-0.15, -0.1) is 0 Å². The van der Waals surface area contributed by atoms with Gasteiger partial charge in [0.1, 0.15) is 5.82 Å². The number of aromatic nitrogens is 3. The molecule has 9 heteroatoms. The average molecular weight is 438 g/mol. The summed E-state index contributed by atoms with van der Waals surface area (Å²) in [5.74, 6) is -0.505. The number of amides is 1. The fourth-order valence-electron chi connectivity index (χ4n) is 4.03. The van der Waals surface area contributed by atoms with Crippen molar-refractivity contribution in [1.29, 1.82) is 0 Å². The SMILES string of the molecule is C[C@H](N)[C@@H](CC1CC1)Nc1nc(Nc2ccc3cnn(C4CC4)c3c2)c(C(N)=O)cc1F. The maximum absolute atomic E-state index is 14.8. The molecular formula is C23H28FN7O. The molecule has 2 heterocycles. The molecule has 1 aromatic carbocycles. The number of pyridine rings is 1. The van der Waals surface area contributed by atoms with Crippen molar-refractivity contribution in [2.24, 2.45) is 17.4 Å². The first-order chi connectivity index (χ1) is 15.4. The molecule has 2 saturated carbocycles. The van der Waals surface area contributed by atoms with Crippen LogP contribution in [0.15, 0.2) is 30.5 Å². The highest BCUT2D eigenvalue weighted by atomic mass is 19.1. The Morgan fingerprint density at radius 3 is 2.69 bits per heavy atom. The van der Waals surface area contributed by atoms with Crippen LogP contribution in [-0.4, -0.2) is 32.8 Å². The topological polar surface area (TPSA) is 124 Å². The highest BCUT2D eigenvalue weighted by Crippen LogP contribution is 2.38. The van der Waals surface area contributed by atoms with Crippen LogP contribution in [0, 0.1) is 11.7 Å². The van der Waals surface area contributed by atoms with Gasteiger partial charge in [-0.2, -0.15) is 5.10 Å². The van der Waals surface area contributed by atoms with E-state index in [1.165, 1.54) is 12.8 Å². The van der Waals surface area contributed by atoms with Crippen LogP contribution in [0.25, 0.3) is 10.9 Å². The Labute approximate surface area is 185 Å². The Kier molecular flexibility index (Phi) is 5.21. The summed E-state index contributed by atoms with van der Waals surface area (Å²) in [4.78, 5) is 16.4. The lowest BCUT2D eigenvalue weighted by atomic mass is 10.0. The van der Waals surface area contributed by atoms with E-state index in [1.54, 1.807) is 0 Å². The van der Waals surface area contributed by atoms with Crippen molar-refractivity contribution in [2.45, 2.75) is 57.2 Å². The Morgan fingerprint density at radius 2 is 2.03 bits per heavy atom. The Hall–Kier alpha value is -3.20. The van der Waals surface area contributed by atoms with Gasteiger partial charge in [0, 0.05) is 23.2 Å². The minimum atomic E-state index is -0.753. The molecule has 2 aromatic heterocycles. The van der Waals surface area contributed by atoms with E-state index in [1.807, 2.05) is 36.0 Å². The maximum atomic E-state index is 14.8. The Balaban J connectivity index is 1.46. The van der Waals surface area contributed by atoms with E-state index in [-0.39, 0.29) is 29.3 Å². The summed E-state index contributed by atoms with van der Waals surface area (Å²) >= 11 is 0. The average Bonchev–Trinajstić information content (AvgIpc) is 3.68. The predicted molar refractivity (Wildman–Crippen MR) is 122 cm³/mol. The van der Waals surface area contributed by atoms with Crippen LogP contribution < -0.4 is 22.1 Å². The van der Waals surface area contributed by atoms with E-state index >= 15 is 0 Å². The predicted octanol–water partition coefficient (Wildman–Crippen LogP) is 3.68. The number of carbonyl (C=O) groups excluding carboxylic acids is 1. The molecule has 5 rings (SSSR count). The smallest absolute Gasteiger partial charge is 0.252 e. The number of carbonyl (C=O) groups is 1. The van der Waals surface area contributed by atoms with Crippen LogP contribution in [-0.2, 0) is 0 Å². The third-order valence-corrected chi connectivity index (χ3v) is 6.24. The minimum Gasteiger partial charge on any atom is -0.365 e. The zero-order valence-electron chi connectivity index (χ0n) is 18.0. The zero-order chi connectivity index (χ0) is 22.4. The summed E-state index contributed by atoms with van der Waals surface area (Å²) < 4.78 is 16.8. The number of nitrogens with zero attached hydrogens (tertiary/aromatic N) is 3. The molecule has 6 N–H and O–H groups in total. The Bertz CT molecular complexity index is 1170. The van der Waals surface area contributed by atoms with Gasteiger partial charge in [-0.1, -0.05) is 12.8 Å². The number of rotatable bonds is 9. The summed E-state index contributed by atoms with van der Waals surface area (Å²) in [5, 5.41) is 11.8. The van der Waals surface area contributed by atoms with Gasteiger partial charge in [0.05, 0.1) is 23.3 Å². The number of nitrogens with one attached hydrogen (secondary N) is 2. The number of hydrogen-bond acceptors (Lipinski definition) is 6. The lowest BCUT2D eigenvalue weighted by molar-refractivity contribution is 0.100. The molecule has 0 saturated heterocycles. The van der Waals surface area contributed by atoms with Gasteiger partial charge in [-0.3, -0.25) is 9.48 Å². The van der Waals surface area contributed by atoms with E-state index in [0.29, 0.717) is 17.6 Å². The van der Waals surface area contributed by atoms with E-state index in [2.05, 4.69) is 20.7 Å². The van der Waals surface area contributed by atoms with Crippen molar-refractivity contribution in [3.63, 3.8) is 0 Å². The van der Waals surface area contributed by atoms with Crippen molar-refractivity contribution < 1.29 is 9.18 Å². The molecule has 2 aliphatic carbocycles. The largest absolute Gasteiger partial charge is 0.365 e. The number of hydrogen-bond donors (Lipinski definition) is 4. The number of halogens is 1. The highest BCUT2D eigenvalue weighted by Gasteiger charge is 2.29. The fraction of sp³-hybridized carbons (Fsp3) is 0.435. The van der Waals surface area contributed by atoms with Gasteiger partial charge in [-0.05, 0) is 56.4 Å². The molecule has 0 aliphatic heterocycles. The van der Waals surface area contributed by atoms with Crippen LogP contribution in [0.1, 0.15) is 55.4 Å². The molecule has 2 atom stereocenters. The van der Waals surface area contributed by atoms with Crippen molar-refractivity contribution in [3.8, 4) is 0 Å². The van der Waals surface area contributed by atoms with Crippen LogP contribution >= 0.6 is 0 Å². The molecule has 0 bridgehead atoms. The van der Waals surface area contributed by atoms with Gasteiger partial charge < -0.3 is 22.1 Å². The molecule has 168 valence electrons. The molecule has 0 radical (unpaired) electrons. The molecule has 2 fully saturated rings. The van der Waals surface area contributed by atoms with Crippen LogP contribution in [0.4, 0.5) is 21.7 Å². The number of nitrogens with two attached hydrogens (primary N) is 2. The Morgan fingerprint density at radius 1 is 1.25 bits per heavy atom. The van der Waals surface area contributed by atoms with Crippen LogP contribution in [0.3, 0.4) is 0 Å². The van der Waals surface area contributed by atoms with Gasteiger partial charge in [0.15, 0.2) is 11.6 Å². The van der Waals surface area contributed by atoms with E-state index in [9.17, 15) is 9.18 Å². The third kappa shape index (κ3) is 4.25. The van der Waals surface area contributed by atoms with Crippen molar-refractivity contribution in [2.75, 3.05) is 10.6 Å². The fourth-order valence-corrected chi connectivity index (χ4v) is 4.03. The summed E-state index contributed by atoms with van der Waals surface area (Å²) in [6.45, 7) is 1.90. The lowest BCUT2D eigenvalue weighted by Crippen LogP contribution is -2.39. The summed E-state index contributed by atoms with van der Waals surface area (Å²) in [7, 11) is 0. The summed E-state index contributed by atoms with van der Waals surface area (Å²) in [5.41, 5.74) is 13.3. The third-order valence-electron chi connectivity index (χ3n) is 6.24. The van der Waals surface area contributed by atoms with Gasteiger partial charge in [0.2, 0.25) is 0 Å². The molecule has 8 nitrogen and oxygen atoms in total. The number of primary amides is 1. The molecular weight excluding hydrogens is 409 g/mol. The summed E-state index contributed by atoms with van der Waals surface area (Å²) in [6, 6.07) is 7.07. The highest BCUT2D eigenvalue weighted by molar-refractivity contribution is 5.99.